The Morgan fingerprint density at radius 1 is 0.913 bits per heavy atom. The van der Waals surface area contributed by atoms with Crippen molar-refractivity contribution in [2.45, 2.75) is 64.7 Å². The second-order valence-corrected chi connectivity index (χ2v) is 7.04. The highest BCUT2D eigenvalue weighted by Crippen LogP contribution is 2.36. The van der Waals surface area contributed by atoms with Gasteiger partial charge in [0.25, 0.3) is 0 Å². The molecule has 0 saturated heterocycles. The molecule has 2 nitrogen and oxygen atoms in total. The second kappa shape index (κ2) is 7.72. The number of rotatable bonds is 5. The fourth-order valence-corrected chi connectivity index (χ4v) is 3.62. The summed E-state index contributed by atoms with van der Waals surface area (Å²) in [5.74, 6) is 2.60. The van der Waals surface area contributed by atoms with Gasteiger partial charge in [0.2, 0.25) is 0 Å². The molecule has 1 aromatic carbocycles. The minimum absolute atomic E-state index is 0.684. The Morgan fingerprint density at radius 3 is 2.17 bits per heavy atom. The Morgan fingerprint density at radius 2 is 1.57 bits per heavy atom. The van der Waals surface area contributed by atoms with E-state index >= 15 is 0 Å². The third-order valence-corrected chi connectivity index (χ3v) is 5.38. The standard InChI is InChI=1S/C21H28N2/c1-3-17-8-11-19(12-9-17)20-14-22-21(23-15-20)13-10-18-6-4-16(2)5-7-18/h4-7,14-15,17,19H,3,8-13H2,1-2H3/t17-,19-. The summed E-state index contributed by atoms with van der Waals surface area (Å²) >= 11 is 0. The lowest BCUT2D eigenvalue weighted by Gasteiger charge is -2.27. The van der Waals surface area contributed by atoms with Crippen molar-refractivity contribution in [2.75, 3.05) is 0 Å². The van der Waals surface area contributed by atoms with Crippen molar-refractivity contribution in [3.63, 3.8) is 0 Å². The molecular formula is C21H28N2. The number of benzene rings is 1. The number of aromatic nitrogens is 2. The van der Waals surface area contributed by atoms with Gasteiger partial charge in [-0.05, 0) is 62.0 Å². The second-order valence-electron chi connectivity index (χ2n) is 7.04. The summed E-state index contributed by atoms with van der Waals surface area (Å²) in [6.45, 7) is 4.44. The number of aryl methyl sites for hydroxylation is 3. The summed E-state index contributed by atoms with van der Waals surface area (Å²) in [6.07, 6.45) is 12.8. The van der Waals surface area contributed by atoms with Crippen LogP contribution >= 0.6 is 0 Å². The summed E-state index contributed by atoms with van der Waals surface area (Å²) < 4.78 is 0. The zero-order chi connectivity index (χ0) is 16.1. The lowest BCUT2D eigenvalue weighted by atomic mass is 9.78. The summed E-state index contributed by atoms with van der Waals surface area (Å²) in [5.41, 5.74) is 4.02. The third kappa shape index (κ3) is 4.40. The molecule has 3 rings (SSSR count). The fourth-order valence-electron chi connectivity index (χ4n) is 3.62. The van der Waals surface area contributed by atoms with Crippen LogP contribution in [-0.2, 0) is 12.8 Å². The van der Waals surface area contributed by atoms with E-state index in [9.17, 15) is 0 Å². The van der Waals surface area contributed by atoms with E-state index in [-0.39, 0.29) is 0 Å². The summed E-state index contributed by atoms with van der Waals surface area (Å²) in [4.78, 5) is 9.23. The van der Waals surface area contributed by atoms with Crippen molar-refractivity contribution in [1.82, 2.24) is 9.97 Å². The van der Waals surface area contributed by atoms with Crippen LogP contribution in [0.15, 0.2) is 36.7 Å². The Kier molecular flexibility index (Phi) is 5.43. The number of hydrogen-bond acceptors (Lipinski definition) is 2. The Balaban J connectivity index is 1.54. The van der Waals surface area contributed by atoms with E-state index in [4.69, 9.17) is 0 Å². The van der Waals surface area contributed by atoms with Gasteiger partial charge in [-0.15, -0.1) is 0 Å². The molecule has 2 heteroatoms. The van der Waals surface area contributed by atoms with E-state index in [0.29, 0.717) is 5.92 Å². The van der Waals surface area contributed by atoms with Gasteiger partial charge in [0, 0.05) is 18.8 Å². The van der Waals surface area contributed by atoms with E-state index in [1.807, 2.05) is 0 Å². The molecule has 0 spiro atoms. The minimum Gasteiger partial charge on any atom is -0.241 e. The zero-order valence-electron chi connectivity index (χ0n) is 14.5. The van der Waals surface area contributed by atoms with Crippen LogP contribution in [0.3, 0.4) is 0 Å². The maximum atomic E-state index is 4.61. The first-order valence-corrected chi connectivity index (χ1v) is 9.11. The molecule has 0 N–H and O–H groups in total. The quantitative estimate of drug-likeness (QED) is 0.753. The van der Waals surface area contributed by atoms with Crippen molar-refractivity contribution in [2.24, 2.45) is 5.92 Å². The molecule has 1 aliphatic rings. The summed E-state index contributed by atoms with van der Waals surface area (Å²) in [5, 5.41) is 0. The Bertz CT molecular complexity index is 593. The Hall–Kier alpha value is -1.70. The molecule has 0 amide bonds. The van der Waals surface area contributed by atoms with Crippen LogP contribution in [-0.4, -0.2) is 9.97 Å². The molecule has 1 fully saturated rings. The van der Waals surface area contributed by atoms with E-state index in [2.05, 4.69) is 60.5 Å². The number of nitrogens with zero attached hydrogens (tertiary/aromatic N) is 2. The third-order valence-electron chi connectivity index (χ3n) is 5.38. The molecule has 122 valence electrons. The van der Waals surface area contributed by atoms with Gasteiger partial charge in [-0.1, -0.05) is 43.2 Å². The van der Waals surface area contributed by atoms with Crippen LogP contribution < -0.4 is 0 Å². The van der Waals surface area contributed by atoms with Gasteiger partial charge >= 0.3 is 0 Å². The molecule has 0 radical (unpaired) electrons. The molecule has 2 aromatic rings. The first-order valence-electron chi connectivity index (χ1n) is 9.11. The summed E-state index contributed by atoms with van der Waals surface area (Å²) in [7, 11) is 0. The highest BCUT2D eigenvalue weighted by molar-refractivity contribution is 5.22. The average Bonchev–Trinajstić information content (AvgIpc) is 2.62. The van der Waals surface area contributed by atoms with Gasteiger partial charge in [0.05, 0.1) is 0 Å². The van der Waals surface area contributed by atoms with Crippen LogP contribution in [0.1, 0.15) is 67.5 Å². The number of hydrogen-bond donors (Lipinski definition) is 0. The normalized spacial score (nSPS) is 21.3. The maximum Gasteiger partial charge on any atom is 0.128 e. The minimum atomic E-state index is 0.684. The molecule has 1 aliphatic carbocycles. The largest absolute Gasteiger partial charge is 0.241 e. The van der Waals surface area contributed by atoms with Gasteiger partial charge in [-0.2, -0.15) is 0 Å². The predicted molar refractivity (Wildman–Crippen MR) is 95.6 cm³/mol. The first kappa shape index (κ1) is 16.2. The molecule has 1 aromatic heterocycles. The van der Waals surface area contributed by atoms with Gasteiger partial charge < -0.3 is 0 Å². The maximum absolute atomic E-state index is 4.61. The highest BCUT2D eigenvalue weighted by atomic mass is 14.9. The van der Waals surface area contributed by atoms with E-state index in [1.54, 1.807) is 0 Å². The van der Waals surface area contributed by atoms with Crippen LogP contribution in [0.2, 0.25) is 0 Å². The molecule has 23 heavy (non-hydrogen) atoms. The average molecular weight is 308 g/mol. The molecule has 1 saturated carbocycles. The van der Waals surface area contributed by atoms with Crippen molar-refractivity contribution >= 4 is 0 Å². The molecule has 1 heterocycles. The van der Waals surface area contributed by atoms with E-state index in [0.717, 1.165) is 24.6 Å². The molecule has 0 aliphatic heterocycles. The van der Waals surface area contributed by atoms with Crippen molar-refractivity contribution in [3.05, 3.63) is 59.2 Å². The fraction of sp³-hybridized carbons (Fsp3) is 0.524. The zero-order valence-corrected chi connectivity index (χ0v) is 14.5. The SMILES string of the molecule is CC[C@H]1CC[C@H](c2cnc(CCc3ccc(C)cc3)nc2)CC1. The van der Waals surface area contributed by atoms with E-state index < -0.39 is 0 Å². The van der Waals surface area contributed by atoms with Crippen molar-refractivity contribution in [3.8, 4) is 0 Å². The predicted octanol–water partition coefficient (Wildman–Crippen LogP) is 5.25. The van der Waals surface area contributed by atoms with E-state index in [1.165, 1.54) is 48.8 Å². The lowest BCUT2D eigenvalue weighted by Crippen LogP contribution is -2.13. The van der Waals surface area contributed by atoms with Gasteiger partial charge in [-0.25, -0.2) is 9.97 Å². The van der Waals surface area contributed by atoms with Crippen LogP contribution in [0.4, 0.5) is 0 Å². The molecule has 0 atom stereocenters. The lowest BCUT2D eigenvalue weighted by molar-refractivity contribution is 0.318. The summed E-state index contributed by atoms with van der Waals surface area (Å²) in [6, 6.07) is 8.75. The monoisotopic (exact) mass is 308 g/mol. The van der Waals surface area contributed by atoms with Gasteiger partial charge in [0.15, 0.2) is 0 Å². The molecule has 0 bridgehead atoms. The van der Waals surface area contributed by atoms with Gasteiger partial charge in [0.1, 0.15) is 5.82 Å². The molecule has 0 unspecified atom stereocenters. The Labute approximate surface area is 140 Å². The van der Waals surface area contributed by atoms with Crippen molar-refractivity contribution in [1.29, 1.82) is 0 Å². The smallest absolute Gasteiger partial charge is 0.128 e. The van der Waals surface area contributed by atoms with Crippen LogP contribution in [0, 0.1) is 12.8 Å². The first-order chi connectivity index (χ1) is 11.2. The van der Waals surface area contributed by atoms with Crippen LogP contribution in [0.5, 0.6) is 0 Å². The van der Waals surface area contributed by atoms with Crippen molar-refractivity contribution < 1.29 is 0 Å². The van der Waals surface area contributed by atoms with Gasteiger partial charge in [-0.3, -0.25) is 0 Å². The topological polar surface area (TPSA) is 25.8 Å². The molecular weight excluding hydrogens is 280 g/mol. The van der Waals surface area contributed by atoms with Crippen LogP contribution in [0.25, 0.3) is 0 Å². The highest BCUT2D eigenvalue weighted by Gasteiger charge is 2.21.